The average Bonchev–Trinajstić information content (AvgIpc) is 2.39. The van der Waals surface area contributed by atoms with E-state index in [9.17, 15) is 12.8 Å². The van der Waals surface area contributed by atoms with E-state index in [1.165, 1.54) is 19.2 Å². The maximum atomic E-state index is 13.7. The third kappa shape index (κ3) is 3.97. The second kappa shape index (κ2) is 6.95. The molecule has 0 aliphatic heterocycles. The predicted molar refractivity (Wildman–Crippen MR) is 70.6 cm³/mol. The van der Waals surface area contributed by atoms with E-state index in [2.05, 4.69) is 0 Å². The van der Waals surface area contributed by atoms with Crippen LogP contribution in [0.25, 0.3) is 0 Å². The van der Waals surface area contributed by atoms with Crippen molar-refractivity contribution in [2.45, 2.75) is 18.4 Å². The van der Waals surface area contributed by atoms with Crippen molar-refractivity contribution in [3.8, 4) is 0 Å². The SMILES string of the molecule is CCOCCN(C)S(=O)(=O)c1cc(CN)ccc1F. The van der Waals surface area contributed by atoms with Crippen LogP contribution in [0.4, 0.5) is 4.39 Å². The van der Waals surface area contributed by atoms with Gasteiger partial charge in [-0.1, -0.05) is 6.07 Å². The normalized spacial score (nSPS) is 12.1. The van der Waals surface area contributed by atoms with E-state index in [-0.39, 0.29) is 24.6 Å². The van der Waals surface area contributed by atoms with Crippen molar-refractivity contribution in [1.29, 1.82) is 0 Å². The van der Waals surface area contributed by atoms with Gasteiger partial charge >= 0.3 is 0 Å². The van der Waals surface area contributed by atoms with E-state index >= 15 is 0 Å². The standard InChI is InChI=1S/C12H19FN2O3S/c1-3-18-7-6-15(2)19(16,17)12-8-10(9-14)4-5-11(12)13/h4-5,8H,3,6-7,9,14H2,1-2H3. The molecule has 7 heteroatoms. The number of rotatable bonds is 7. The number of likely N-dealkylation sites (N-methyl/N-ethyl adjacent to an activating group) is 1. The van der Waals surface area contributed by atoms with E-state index in [4.69, 9.17) is 10.5 Å². The number of halogens is 1. The lowest BCUT2D eigenvalue weighted by Crippen LogP contribution is -2.31. The Morgan fingerprint density at radius 1 is 1.42 bits per heavy atom. The average molecular weight is 290 g/mol. The summed E-state index contributed by atoms with van der Waals surface area (Å²) in [4.78, 5) is -0.352. The Hall–Kier alpha value is -1.02. The second-order valence-electron chi connectivity index (χ2n) is 3.99. The highest BCUT2D eigenvalue weighted by Crippen LogP contribution is 2.19. The Balaban J connectivity index is 2.99. The van der Waals surface area contributed by atoms with Crippen molar-refractivity contribution in [1.82, 2.24) is 4.31 Å². The first-order valence-electron chi connectivity index (χ1n) is 5.96. The van der Waals surface area contributed by atoms with Crippen molar-refractivity contribution in [2.24, 2.45) is 5.73 Å². The highest BCUT2D eigenvalue weighted by Gasteiger charge is 2.24. The highest BCUT2D eigenvalue weighted by molar-refractivity contribution is 7.89. The van der Waals surface area contributed by atoms with E-state index in [1.807, 2.05) is 6.92 Å². The van der Waals surface area contributed by atoms with Crippen LogP contribution in [0.1, 0.15) is 12.5 Å². The van der Waals surface area contributed by atoms with Crippen LogP contribution in [0, 0.1) is 5.82 Å². The summed E-state index contributed by atoms with van der Waals surface area (Å²) in [7, 11) is -2.47. The minimum absolute atomic E-state index is 0.158. The fourth-order valence-corrected chi connectivity index (χ4v) is 2.76. The quantitative estimate of drug-likeness (QED) is 0.759. The van der Waals surface area contributed by atoms with Crippen LogP contribution in [-0.2, 0) is 21.3 Å². The molecule has 0 saturated carbocycles. The van der Waals surface area contributed by atoms with E-state index in [0.717, 1.165) is 10.4 Å². The monoisotopic (exact) mass is 290 g/mol. The molecule has 0 saturated heterocycles. The maximum absolute atomic E-state index is 13.7. The van der Waals surface area contributed by atoms with Gasteiger partial charge in [0.05, 0.1) is 6.61 Å². The molecule has 0 aliphatic rings. The van der Waals surface area contributed by atoms with Crippen LogP contribution in [-0.4, -0.2) is 39.5 Å². The number of sulfonamides is 1. The Bertz CT molecular complexity index is 520. The zero-order valence-electron chi connectivity index (χ0n) is 11.1. The van der Waals surface area contributed by atoms with Gasteiger partial charge in [-0.2, -0.15) is 4.31 Å². The first-order valence-corrected chi connectivity index (χ1v) is 7.40. The molecule has 0 bridgehead atoms. The summed E-state index contributed by atoms with van der Waals surface area (Å²) >= 11 is 0. The minimum atomic E-state index is -3.86. The molecule has 108 valence electrons. The summed E-state index contributed by atoms with van der Waals surface area (Å²) in [5, 5.41) is 0. The van der Waals surface area contributed by atoms with Gasteiger partial charge in [0, 0.05) is 26.7 Å². The van der Waals surface area contributed by atoms with Crippen molar-refractivity contribution in [2.75, 3.05) is 26.8 Å². The van der Waals surface area contributed by atoms with Crippen molar-refractivity contribution in [3.63, 3.8) is 0 Å². The molecule has 0 radical (unpaired) electrons. The van der Waals surface area contributed by atoms with Gasteiger partial charge < -0.3 is 10.5 Å². The molecule has 0 unspecified atom stereocenters. The lowest BCUT2D eigenvalue weighted by molar-refractivity contribution is 0.138. The third-order valence-corrected chi connectivity index (χ3v) is 4.55. The molecule has 0 heterocycles. The number of ether oxygens (including phenoxy) is 1. The lowest BCUT2D eigenvalue weighted by atomic mass is 10.2. The van der Waals surface area contributed by atoms with Gasteiger partial charge in [-0.25, -0.2) is 12.8 Å². The molecular weight excluding hydrogens is 271 g/mol. The van der Waals surface area contributed by atoms with Gasteiger partial charge in [-0.05, 0) is 24.6 Å². The smallest absolute Gasteiger partial charge is 0.245 e. The van der Waals surface area contributed by atoms with Gasteiger partial charge in [0.2, 0.25) is 10.0 Å². The number of benzene rings is 1. The molecule has 0 fully saturated rings. The Kier molecular flexibility index (Phi) is 5.86. The Morgan fingerprint density at radius 2 is 2.11 bits per heavy atom. The first kappa shape index (κ1) is 16.0. The molecule has 2 N–H and O–H groups in total. The lowest BCUT2D eigenvalue weighted by Gasteiger charge is -2.17. The van der Waals surface area contributed by atoms with Crippen LogP contribution in [0.15, 0.2) is 23.1 Å². The van der Waals surface area contributed by atoms with Crippen molar-refractivity contribution < 1.29 is 17.5 Å². The molecule has 0 aromatic heterocycles. The van der Waals surface area contributed by atoms with Gasteiger partial charge in [-0.15, -0.1) is 0 Å². The summed E-state index contributed by atoms with van der Waals surface area (Å²) in [5.74, 6) is -0.777. The molecule has 1 aromatic carbocycles. The molecule has 1 rings (SSSR count). The largest absolute Gasteiger partial charge is 0.380 e. The van der Waals surface area contributed by atoms with E-state index in [0.29, 0.717) is 12.2 Å². The molecule has 5 nitrogen and oxygen atoms in total. The predicted octanol–water partition coefficient (Wildman–Crippen LogP) is 0.941. The Morgan fingerprint density at radius 3 is 2.68 bits per heavy atom. The summed E-state index contributed by atoms with van der Waals surface area (Å²) in [6.07, 6.45) is 0. The number of hydrogen-bond acceptors (Lipinski definition) is 4. The van der Waals surface area contributed by atoms with Crippen molar-refractivity contribution >= 4 is 10.0 Å². The summed E-state index contributed by atoms with van der Waals surface area (Å²) in [6, 6.07) is 3.85. The zero-order valence-corrected chi connectivity index (χ0v) is 11.9. The second-order valence-corrected chi connectivity index (χ2v) is 6.01. The van der Waals surface area contributed by atoms with Crippen LogP contribution >= 0.6 is 0 Å². The topological polar surface area (TPSA) is 72.6 Å². The molecule has 0 atom stereocenters. The van der Waals surface area contributed by atoms with Gasteiger partial charge in [0.25, 0.3) is 0 Å². The third-order valence-electron chi connectivity index (χ3n) is 2.67. The molecule has 0 aliphatic carbocycles. The van der Waals surface area contributed by atoms with Gasteiger partial charge in [-0.3, -0.25) is 0 Å². The fourth-order valence-electron chi connectivity index (χ4n) is 1.50. The number of nitrogens with two attached hydrogens (primary N) is 1. The highest BCUT2D eigenvalue weighted by atomic mass is 32.2. The fraction of sp³-hybridized carbons (Fsp3) is 0.500. The van der Waals surface area contributed by atoms with Gasteiger partial charge in [0.15, 0.2) is 0 Å². The molecule has 19 heavy (non-hydrogen) atoms. The molecule has 1 aromatic rings. The van der Waals surface area contributed by atoms with Crippen LogP contribution in [0.2, 0.25) is 0 Å². The summed E-state index contributed by atoms with van der Waals surface area (Å²) in [6.45, 7) is 2.92. The minimum Gasteiger partial charge on any atom is -0.380 e. The van der Waals surface area contributed by atoms with Gasteiger partial charge in [0.1, 0.15) is 10.7 Å². The van der Waals surface area contributed by atoms with Crippen LogP contribution in [0.5, 0.6) is 0 Å². The summed E-state index contributed by atoms with van der Waals surface area (Å²) < 4.78 is 44.2. The molecular formula is C12H19FN2O3S. The van der Waals surface area contributed by atoms with Crippen LogP contribution in [0.3, 0.4) is 0 Å². The number of hydrogen-bond donors (Lipinski definition) is 1. The maximum Gasteiger partial charge on any atom is 0.245 e. The zero-order chi connectivity index (χ0) is 14.5. The molecule has 0 amide bonds. The van der Waals surface area contributed by atoms with E-state index in [1.54, 1.807) is 0 Å². The summed E-state index contributed by atoms with van der Waals surface area (Å²) in [5.41, 5.74) is 6.00. The Labute approximate surface area is 113 Å². The number of nitrogens with zero attached hydrogens (tertiary/aromatic N) is 1. The first-order chi connectivity index (χ1) is 8.93. The van der Waals surface area contributed by atoms with Crippen molar-refractivity contribution in [3.05, 3.63) is 29.6 Å². The molecule has 0 spiro atoms. The van der Waals surface area contributed by atoms with E-state index < -0.39 is 15.8 Å². The van der Waals surface area contributed by atoms with Crippen LogP contribution < -0.4 is 5.73 Å².